The molecule has 1 aromatic rings. The van der Waals surface area contributed by atoms with Crippen molar-refractivity contribution in [3.63, 3.8) is 0 Å². The SMILES string of the molecule is CCOc1cccc(/C=C2\SC(=O)NC2=O)c1. The first-order chi connectivity index (χ1) is 8.19. The first-order valence-electron chi connectivity index (χ1n) is 5.17. The molecule has 88 valence electrons. The number of carbonyl (C=O) groups excluding carboxylic acids is 2. The Morgan fingerprint density at radius 1 is 1.41 bits per heavy atom. The van der Waals surface area contributed by atoms with E-state index in [-0.39, 0.29) is 11.1 Å². The van der Waals surface area contributed by atoms with Crippen molar-refractivity contribution >= 4 is 29.0 Å². The predicted octanol–water partition coefficient (Wildman–Crippen LogP) is 2.41. The number of imide groups is 1. The average molecular weight is 249 g/mol. The van der Waals surface area contributed by atoms with E-state index in [9.17, 15) is 9.59 Å². The first-order valence-corrected chi connectivity index (χ1v) is 5.98. The van der Waals surface area contributed by atoms with Crippen molar-refractivity contribution in [1.29, 1.82) is 0 Å². The lowest BCUT2D eigenvalue weighted by atomic mass is 10.2. The van der Waals surface area contributed by atoms with E-state index in [2.05, 4.69) is 5.32 Å². The number of nitrogens with one attached hydrogen (secondary N) is 1. The molecule has 1 aliphatic heterocycles. The second-order valence-electron chi connectivity index (χ2n) is 3.36. The van der Waals surface area contributed by atoms with Crippen LogP contribution in [0.3, 0.4) is 0 Å². The number of thioether (sulfide) groups is 1. The zero-order valence-electron chi connectivity index (χ0n) is 9.23. The summed E-state index contributed by atoms with van der Waals surface area (Å²) in [6.07, 6.45) is 1.67. The molecule has 17 heavy (non-hydrogen) atoms. The molecule has 0 aliphatic carbocycles. The standard InChI is InChI=1S/C12H11NO3S/c1-2-16-9-5-3-4-8(6-9)7-10-11(14)13-12(15)17-10/h3-7H,2H2,1H3,(H,13,14,15)/b10-7-. The maximum Gasteiger partial charge on any atom is 0.290 e. The third kappa shape index (κ3) is 2.88. The molecule has 1 aliphatic rings. The van der Waals surface area contributed by atoms with E-state index in [1.165, 1.54) is 0 Å². The maximum atomic E-state index is 11.3. The zero-order valence-corrected chi connectivity index (χ0v) is 10.0. The molecule has 4 nitrogen and oxygen atoms in total. The van der Waals surface area contributed by atoms with Gasteiger partial charge in [0.2, 0.25) is 0 Å². The van der Waals surface area contributed by atoms with Gasteiger partial charge in [-0.05, 0) is 42.5 Å². The van der Waals surface area contributed by atoms with Crippen LogP contribution in [0.2, 0.25) is 0 Å². The fraction of sp³-hybridized carbons (Fsp3) is 0.167. The Morgan fingerprint density at radius 2 is 2.24 bits per heavy atom. The van der Waals surface area contributed by atoms with Crippen LogP contribution in [0.4, 0.5) is 4.79 Å². The average Bonchev–Trinajstić information content (AvgIpc) is 2.58. The molecule has 2 rings (SSSR count). The van der Waals surface area contributed by atoms with Gasteiger partial charge in [0.25, 0.3) is 11.1 Å². The fourth-order valence-electron chi connectivity index (χ4n) is 1.43. The summed E-state index contributed by atoms with van der Waals surface area (Å²) in [4.78, 5) is 22.7. The first kappa shape index (κ1) is 11.7. The Labute approximate surface area is 103 Å². The number of hydrogen-bond donors (Lipinski definition) is 1. The van der Waals surface area contributed by atoms with Gasteiger partial charge < -0.3 is 4.74 Å². The quantitative estimate of drug-likeness (QED) is 0.836. The van der Waals surface area contributed by atoms with Crippen molar-refractivity contribution in [3.05, 3.63) is 34.7 Å². The van der Waals surface area contributed by atoms with Crippen LogP contribution in [0.1, 0.15) is 12.5 Å². The second kappa shape index (κ2) is 5.05. The van der Waals surface area contributed by atoms with Crippen molar-refractivity contribution in [3.8, 4) is 5.75 Å². The Kier molecular flexibility index (Phi) is 3.49. The highest BCUT2D eigenvalue weighted by Gasteiger charge is 2.24. The van der Waals surface area contributed by atoms with Gasteiger partial charge >= 0.3 is 0 Å². The van der Waals surface area contributed by atoms with E-state index in [1.54, 1.807) is 6.08 Å². The summed E-state index contributed by atoms with van der Waals surface area (Å²) < 4.78 is 5.36. The molecule has 0 radical (unpaired) electrons. The highest BCUT2D eigenvalue weighted by atomic mass is 32.2. The van der Waals surface area contributed by atoms with Crippen LogP contribution in [-0.4, -0.2) is 17.8 Å². The van der Waals surface area contributed by atoms with Crippen LogP contribution in [0, 0.1) is 0 Å². The minimum atomic E-state index is -0.346. The summed E-state index contributed by atoms with van der Waals surface area (Å²) >= 11 is 0.908. The van der Waals surface area contributed by atoms with E-state index in [0.29, 0.717) is 11.5 Å². The number of carbonyl (C=O) groups is 2. The van der Waals surface area contributed by atoms with Crippen LogP contribution >= 0.6 is 11.8 Å². The molecule has 5 heteroatoms. The van der Waals surface area contributed by atoms with Crippen molar-refractivity contribution in [2.75, 3.05) is 6.61 Å². The molecule has 0 atom stereocenters. The molecule has 0 unspecified atom stereocenters. The summed E-state index contributed by atoms with van der Waals surface area (Å²) in [7, 11) is 0. The summed E-state index contributed by atoms with van der Waals surface area (Å²) in [5, 5.41) is 1.88. The van der Waals surface area contributed by atoms with Crippen LogP contribution in [0.25, 0.3) is 6.08 Å². The third-order valence-corrected chi connectivity index (χ3v) is 2.92. The minimum absolute atomic E-state index is 0.331. The van der Waals surface area contributed by atoms with Gasteiger partial charge in [-0.25, -0.2) is 0 Å². The van der Waals surface area contributed by atoms with Gasteiger partial charge in [-0.15, -0.1) is 0 Å². The van der Waals surface area contributed by atoms with Crippen LogP contribution in [0.5, 0.6) is 5.75 Å². The van der Waals surface area contributed by atoms with E-state index >= 15 is 0 Å². The lowest BCUT2D eigenvalue weighted by Crippen LogP contribution is -2.17. The molecule has 1 saturated heterocycles. The molecule has 2 amide bonds. The van der Waals surface area contributed by atoms with Crippen molar-refractivity contribution in [2.24, 2.45) is 0 Å². The molecule has 0 bridgehead atoms. The van der Waals surface area contributed by atoms with Gasteiger partial charge in [0, 0.05) is 0 Å². The number of ether oxygens (including phenoxy) is 1. The largest absolute Gasteiger partial charge is 0.494 e. The van der Waals surface area contributed by atoms with E-state index in [0.717, 1.165) is 23.1 Å². The van der Waals surface area contributed by atoms with Gasteiger partial charge in [0.15, 0.2) is 0 Å². The van der Waals surface area contributed by atoms with Crippen LogP contribution in [0.15, 0.2) is 29.2 Å². The lowest BCUT2D eigenvalue weighted by molar-refractivity contribution is -0.115. The Hall–Kier alpha value is -1.75. The molecule has 1 N–H and O–H groups in total. The molecular formula is C12H11NO3S. The normalized spacial score (nSPS) is 17.4. The summed E-state index contributed by atoms with van der Waals surface area (Å²) in [6.45, 7) is 2.50. The molecule has 1 heterocycles. The van der Waals surface area contributed by atoms with Crippen LogP contribution in [-0.2, 0) is 4.79 Å². The second-order valence-corrected chi connectivity index (χ2v) is 4.37. The summed E-state index contributed by atoms with van der Waals surface area (Å²) in [6, 6.07) is 7.37. The predicted molar refractivity (Wildman–Crippen MR) is 66.7 cm³/mol. The zero-order chi connectivity index (χ0) is 12.3. The molecule has 1 aromatic carbocycles. The Bertz CT molecular complexity index is 496. The van der Waals surface area contributed by atoms with Gasteiger partial charge in [0.05, 0.1) is 11.5 Å². The number of benzene rings is 1. The van der Waals surface area contributed by atoms with Crippen molar-refractivity contribution in [2.45, 2.75) is 6.92 Å². The molecule has 0 saturated carbocycles. The number of rotatable bonds is 3. The third-order valence-electron chi connectivity index (χ3n) is 2.11. The van der Waals surface area contributed by atoms with Gasteiger partial charge in [-0.1, -0.05) is 12.1 Å². The highest BCUT2D eigenvalue weighted by Crippen LogP contribution is 2.26. The van der Waals surface area contributed by atoms with Crippen molar-refractivity contribution < 1.29 is 14.3 Å². The van der Waals surface area contributed by atoms with E-state index in [1.807, 2.05) is 31.2 Å². The molecule has 0 aromatic heterocycles. The van der Waals surface area contributed by atoms with Crippen molar-refractivity contribution in [1.82, 2.24) is 5.32 Å². The van der Waals surface area contributed by atoms with E-state index in [4.69, 9.17) is 4.74 Å². The molecular weight excluding hydrogens is 238 g/mol. The molecule has 1 fully saturated rings. The lowest BCUT2D eigenvalue weighted by Gasteiger charge is -2.03. The number of hydrogen-bond acceptors (Lipinski definition) is 4. The topological polar surface area (TPSA) is 55.4 Å². The smallest absolute Gasteiger partial charge is 0.290 e. The van der Waals surface area contributed by atoms with Gasteiger partial charge in [-0.2, -0.15) is 0 Å². The monoisotopic (exact) mass is 249 g/mol. The van der Waals surface area contributed by atoms with Gasteiger partial charge in [0.1, 0.15) is 5.75 Å². The van der Waals surface area contributed by atoms with Crippen LogP contribution < -0.4 is 10.1 Å². The highest BCUT2D eigenvalue weighted by molar-refractivity contribution is 8.18. The van der Waals surface area contributed by atoms with Gasteiger partial charge in [-0.3, -0.25) is 14.9 Å². The van der Waals surface area contributed by atoms with E-state index < -0.39 is 0 Å². The Morgan fingerprint density at radius 3 is 2.88 bits per heavy atom. The summed E-state index contributed by atoms with van der Waals surface area (Å²) in [5.74, 6) is 0.401. The number of amides is 2. The summed E-state index contributed by atoms with van der Waals surface area (Å²) in [5.41, 5.74) is 0.836. The Balaban J connectivity index is 2.23. The maximum absolute atomic E-state index is 11.3. The minimum Gasteiger partial charge on any atom is -0.494 e. The fourth-order valence-corrected chi connectivity index (χ4v) is 2.12. The molecule has 0 spiro atoms.